The lowest BCUT2D eigenvalue weighted by molar-refractivity contribution is -0.136. The summed E-state index contributed by atoms with van der Waals surface area (Å²) in [7, 11) is 0. The number of rotatable bonds is 5. The molecule has 7 heteroatoms. The van der Waals surface area contributed by atoms with Gasteiger partial charge in [-0.1, -0.05) is 18.2 Å². The highest BCUT2D eigenvalue weighted by molar-refractivity contribution is 5.88. The van der Waals surface area contributed by atoms with Gasteiger partial charge in [-0.25, -0.2) is 9.37 Å². The van der Waals surface area contributed by atoms with E-state index >= 15 is 0 Å². The molecule has 2 aromatic rings. The summed E-state index contributed by atoms with van der Waals surface area (Å²) in [6.45, 7) is 4.25. The molecule has 0 saturated carbocycles. The second kappa shape index (κ2) is 8.62. The van der Waals surface area contributed by atoms with E-state index in [-0.39, 0.29) is 24.1 Å². The molecule has 1 aromatic heterocycles. The zero-order valence-corrected chi connectivity index (χ0v) is 15.3. The number of pyridine rings is 1. The molecular weight excluding hydrogens is 347 g/mol. The fraction of sp³-hybridized carbons (Fsp3) is 0.350. The Morgan fingerprint density at radius 2 is 1.93 bits per heavy atom. The highest BCUT2D eigenvalue weighted by atomic mass is 19.1. The minimum atomic E-state index is -0.618. The Morgan fingerprint density at radius 3 is 2.59 bits per heavy atom. The summed E-state index contributed by atoms with van der Waals surface area (Å²) in [5, 5.41) is 2.71. The minimum Gasteiger partial charge on any atom is -0.353 e. The van der Waals surface area contributed by atoms with Gasteiger partial charge in [0.2, 0.25) is 11.8 Å². The van der Waals surface area contributed by atoms with E-state index in [1.807, 2.05) is 18.2 Å². The van der Waals surface area contributed by atoms with Gasteiger partial charge in [-0.15, -0.1) is 0 Å². The maximum atomic E-state index is 13.2. The Bertz CT molecular complexity index is 792. The lowest BCUT2D eigenvalue weighted by Crippen LogP contribution is -2.54. The lowest BCUT2D eigenvalue weighted by atomic mass is 10.1. The summed E-state index contributed by atoms with van der Waals surface area (Å²) in [4.78, 5) is 33.0. The predicted molar refractivity (Wildman–Crippen MR) is 101 cm³/mol. The molecule has 1 aliphatic heterocycles. The van der Waals surface area contributed by atoms with Gasteiger partial charge in [0, 0.05) is 32.4 Å². The monoisotopic (exact) mass is 370 g/mol. The van der Waals surface area contributed by atoms with Crippen LogP contribution in [0.4, 0.5) is 10.2 Å². The molecule has 0 radical (unpaired) electrons. The number of hydrogen-bond donors (Lipinski definition) is 1. The topological polar surface area (TPSA) is 65.5 Å². The number of benzene rings is 1. The Labute approximate surface area is 158 Å². The molecular formula is C20H23FN4O2. The van der Waals surface area contributed by atoms with Crippen LogP contribution in [0.5, 0.6) is 0 Å². The third kappa shape index (κ3) is 5.03. The van der Waals surface area contributed by atoms with Crippen LogP contribution in [0.15, 0.2) is 48.7 Å². The first-order valence-corrected chi connectivity index (χ1v) is 9.01. The van der Waals surface area contributed by atoms with Crippen molar-refractivity contribution in [3.63, 3.8) is 0 Å². The number of carbonyl (C=O) groups is 2. The fourth-order valence-electron chi connectivity index (χ4n) is 3.16. The number of anilines is 1. The van der Waals surface area contributed by atoms with E-state index in [0.717, 1.165) is 5.82 Å². The first-order valence-electron chi connectivity index (χ1n) is 9.01. The first-order chi connectivity index (χ1) is 13.0. The van der Waals surface area contributed by atoms with Crippen molar-refractivity contribution in [2.45, 2.75) is 19.4 Å². The van der Waals surface area contributed by atoms with E-state index in [0.29, 0.717) is 31.7 Å². The highest BCUT2D eigenvalue weighted by Gasteiger charge is 2.26. The van der Waals surface area contributed by atoms with E-state index in [1.165, 1.54) is 12.1 Å². The minimum absolute atomic E-state index is 0.0445. The van der Waals surface area contributed by atoms with Crippen molar-refractivity contribution in [2.75, 3.05) is 31.1 Å². The van der Waals surface area contributed by atoms with E-state index in [1.54, 1.807) is 30.2 Å². The van der Waals surface area contributed by atoms with Crippen LogP contribution in [0.1, 0.15) is 12.5 Å². The van der Waals surface area contributed by atoms with Crippen LogP contribution in [0.3, 0.4) is 0 Å². The molecule has 6 nitrogen and oxygen atoms in total. The molecule has 0 unspecified atom stereocenters. The van der Waals surface area contributed by atoms with E-state index in [9.17, 15) is 14.0 Å². The molecule has 3 rings (SSSR count). The summed E-state index contributed by atoms with van der Waals surface area (Å²) in [5.74, 6) is 0.119. The van der Waals surface area contributed by atoms with Crippen molar-refractivity contribution >= 4 is 17.6 Å². The number of piperazine rings is 1. The number of halogens is 1. The summed E-state index contributed by atoms with van der Waals surface area (Å²) in [6, 6.07) is 11.0. The van der Waals surface area contributed by atoms with Gasteiger partial charge in [0.1, 0.15) is 17.7 Å². The Balaban J connectivity index is 1.48. The summed E-state index contributed by atoms with van der Waals surface area (Å²) in [5.41, 5.74) is 0.580. The van der Waals surface area contributed by atoms with Crippen LogP contribution in [0.25, 0.3) is 0 Å². The van der Waals surface area contributed by atoms with Crippen LogP contribution in [-0.2, 0) is 16.0 Å². The lowest BCUT2D eigenvalue weighted by Gasteiger charge is -2.36. The van der Waals surface area contributed by atoms with E-state index < -0.39 is 6.04 Å². The number of hydrogen-bond acceptors (Lipinski definition) is 4. The SMILES string of the molecule is C[C@@H](NC(=O)Cc1cccc(F)c1)C(=O)N1CCN(c2ccccn2)CC1. The molecule has 1 aromatic carbocycles. The molecule has 0 bridgehead atoms. The predicted octanol–water partition coefficient (Wildman–Crippen LogP) is 1.62. The van der Waals surface area contributed by atoms with Gasteiger partial charge in [-0.05, 0) is 36.8 Å². The van der Waals surface area contributed by atoms with Gasteiger partial charge < -0.3 is 15.1 Å². The fourth-order valence-corrected chi connectivity index (χ4v) is 3.16. The van der Waals surface area contributed by atoms with Crippen LogP contribution >= 0.6 is 0 Å². The van der Waals surface area contributed by atoms with E-state index in [4.69, 9.17) is 0 Å². The number of carbonyl (C=O) groups excluding carboxylic acids is 2. The average Bonchev–Trinajstić information content (AvgIpc) is 2.68. The van der Waals surface area contributed by atoms with Crippen molar-refractivity contribution in [3.8, 4) is 0 Å². The molecule has 2 amide bonds. The molecule has 0 spiro atoms. The zero-order valence-electron chi connectivity index (χ0n) is 15.3. The molecule has 1 aliphatic rings. The van der Waals surface area contributed by atoms with Gasteiger partial charge in [-0.2, -0.15) is 0 Å². The smallest absolute Gasteiger partial charge is 0.244 e. The highest BCUT2D eigenvalue weighted by Crippen LogP contribution is 2.13. The maximum absolute atomic E-state index is 13.2. The van der Waals surface area contributed by atoms with Crippen LogP contribution in [0, 0.1) is 5.82 Å². The van der Waals surface area contributed by atoms with Gasteiger partial charge in [-0.3, -0.25) is 9.59 Å². The van der Waals surface area contributed by atoms with Gasteiger partial charge in [0.05, 0.1) is 6.42 Å². The number of nitrogens with one attached hydrogen (secondary N) is 1. The number of aromatic nitrogens is 1. The summed E-state index contributed by atoms with van der Waals surface area (Å²) >= 11 is 0. The third-order valence-electron chi connectivity index (χ3n) is 4.57. The zero-order chi connectivity index (χ0) is 19.2. The standard InChI is InChI=1S/C20H23FN4O2/c1-15(23-19(26)14-16-5-4-6-17(21)13-16)20(27)25-11-9-24(10-12-25)18-7-2-3-8-22-18/h2-8,13,15H,9-12,14H2,1H3,(H,23,26)/t15-/m1/s1. The average molecular weight is 370 g/mol. The van der Waals surface area contributed by atoms with Gasteiger partial charge in [0.25, 0.3) is 0 Å². The molecule has 1 fully saturated rings. The molecule has 1 N–H and O–H groups in total. The summed E-state index contributed by atoms with van der Waals surface area (Å²) in [6.07, 6.45) is 1.80. The van der Waals surface area contributed by atoms with Crippen molar-refractivity contribution in [2.24, 2.45) is 0 Å². The second-order valence-corrected chi connectivity index (χ2v) is 6.60. The Morgan fingerprint density at radius 1 is 1.15 bits per heavy atom. The quantitative estimate of drug-likeness (QED) is 0.869. The third-order valence-corrected chi connectivity index (χ3v) is 4.57. The van der Waals surface area contributed by atoms with Crippen molar-refractivity contribution < 1.29 is 14.0 Å². The number of nitrogens with zero attached hydrogens (tertiary/aromatic N) is 3. The summed E-state index contributed by atoms with van der Waals surface area (Å²) < 4.78 is 13.2. The Kier molecular flexibility index (Phi) is 6.01. The largest absolute Gasteiger partial charge is 0.353 e. The molecule has 2 heterocycles. The Hall–Kier alpha value is -2.96. The molecule has 27 heavy (non-hydrogen) atoms. The number of amides is 2. The first kappa shape index (κ1) is 18.8. The normalized spacial score (nSPS) is 15.3. The molecule has 0 aliphatic carbocycles. The van der Waals surface area contributed by atoms with Gasteiger partial charge in [0.15, 0.2) is 0 Å². The van der Waals surface area contributed by atoms with E-state index in [2.05, 4.69) is 15.2 Å². The molecule has 1 atom stereocenters. The van der Waals surface area contributed by atoms with Crippen molar-refractivity contribution in [1.29, 1.82) is 0 Å². The van der Waals surface area contributed by atoms with Crippen LogP contribution in [-0.4, -0.2) is 53.9 Å². The van der Waals surface area contributed by atoms with Crippen molar-refractivity contribution in [1.82, 2.24) is 15.2 Å². The van der Waals surface area contributed by atoms with Crippen LogP contribution in [0.2, 0.25) is 0 Å². The van der Waals surface area contributed by atoms with Crippen LogP contribution < -0.4 is 10.2 Å². The second-order valence-electron chi connectivity index (χ2n) is 6.60. The van der Waals surface area contributed by atoms with Gasteiger partial charge >= 0.3 is 0 Å². The van der Waals surface area contributed by atoms with Crippen molar-refractivity contribution in [3.05, 3.63) is 60.0 Å². The molecule has 142 valence electrons. The maximum Gasteiger partial charge on any atom is 0.244 e. The molecule has 1 saturated heterocycles.